The summed E-state index contributed by atoms with van der Waals surface area (Å²) in [6.07, 6.45) is 0. The van der Waals surface area contributed by atoms with Crippen molar-refractivity contribution in [2.24, 2.45) is 0 Å². The highest BCUT2D eigenvalue weighted by atomic mass is 32.1. The van der Waals surface area contributed by atoms with Crippen LogP contribution in [-0.4, -0.2) is 6.61 Å². The van der Waals surface area contributed by atoms with Crippen molar-refractivity contribution >= 4 is 21.4 Å². The van der Waals surface area contributed by atoms with Crippen LogP contribution in [0, 0.1) is 0 Å². The maximum atomic E-state index is 5.48. The molecule has 0 aliphatic rings. The van der Waals surface area contributed by atoms with Gasteiger partial charge in [0, 0.05) is 10.1 Å². The van der Waals surface area contributed by atoms with E-state index in [1.54, 1.807) is 11.3 Å². The van der Waals surface area contributed by atoms with Crippen LogP contribution in [0.4, 0.5) is 0 Å². The Labute approximate surface area is 75.6 Å². The van der Waals surface area contributed by atoms with Gasteiger partial charge in [-0.2, -0.15) is 0 Å². The summed E-state index contributed by atoms with van der Waals surface area (Å²) >= 11 is 1.75. The lowest BCUT2D eigenvalue weighted by Gasteiger charge is -2.02. The molecule has 0 N–H and O–H groups in total. The van der Waals surface area contributed by atoms with E-state index in [-0.39, 0.29) is 0 Å². The van der Waals surface area contributed by atoms with Gasteiger partial charge >= 0.3 is 0 Å². The predicted molar refractivity (Wildman–Crippen MR) is 53.0 cm³/mol. The van der Waals surface area contributed by atoms with E-state index in [9.17, 15) is 0 Å². The molecule has 0 unspecified atom stereocenters. The van der Waals surface area contributed by atoms with Gasteiger partial charge < -0.3 is 4.74 Å². The normalized spacial score (nSPS) is 10.4. The van der Waals surface area contributed by atoms with Crippen LogP contribution in [0.5, 0.6) is 5.75 Å². The Morgan fingerprint density at radius 2 is 2.25 bits per heavy atom. The van der Waals surface area contributed by atoms with E-state index in [0.717, 1.165) is 12.4 Å². The van der Waals surface area contributed by atoms with Crippen molar-refractivity contribution < 1.29 is 4.74 Å². The molecule has 1 aromatic carbocycles. The second-order valence-corrected chi connectivity index (χ2v) is 3.47. The van der Waals surface area contributed by atoms with Gasteiger partial charge in [0.25, 0.3) is 0 Å². The molecule has 1 nitrogen and oxygen atoms in total. The van der Waals surface area contributed by atoms with Crippen molar-refractivity contribution in [2.75, 3.05) is 6.61 Å². The average Bonchev–Trinajstić information content (AvgIpc) is 2.53. The third-order valence-corrected chi connectivity index (χ3v) is 2.64. The Hall–Kier alpha value is -1.02. The summed E-state index contributed by atoms with van der Waals surface area (Å²) < 4.78 is 6.78. The minimum atomic E-state index is 0.731. The molecule has 0 radical (unpaired) electrons. The number of thiophene rings is 1. The molecule has 0 atom stereocenters. The number of fused-ring (bicyclic) bond motifs is 1. The summed E-state index contributed by atoms with van der Waals surface area (Å²) in [5.41, 5.74) is 0. The zero-order chi connectivity index (χ0) is 8.39. The molecule has 1 aromatic heterocycles. The van der Waals surface area contributed by atoms with E-state index in [0.29, 0.717) is 0 Å². The minimum absolute atomic E-state index is 0.731. The number of rotatable bonds is 2. The molecule has 2 aromatic rings. The molecular formula is C10H10OS. The minimum Gasteiger partial charge on any atom is -0.493 e. The first-order valence-corrected chi connectivity index (χ1v) is 4.89. The van der Waals surface area contributed by atoms with Crippen molar-refractivity contribution in [3.05, 3.63) is 29.6 Å². The lowest BCUT2D eigenvalue weighted by atomic mass is 10.2. The van der Waals surface area contributed by atoms with Crippen LogP contribution in [-0.2, 0) is 0 Å². The lowest BCUT2D eigenvalue weighted by Crippen LogP contribution is -1.90. The summed E-state index contributed by atoms with van der Waals surface area (Å²) in [5, 5.41) is 3.32. The second kappa shape index (κ2) is 3.15. The van der Waals surface area contributed by atoms with Gasteiger partial charge in [-0.15, -0.1) is 11.3 Å². The highest BCUT2D eigenvalue weighted by Crippen LogP contribution is 2.29. The Bertz CT molecular complexity index is 378. The van der Waals surface area contributed by atoms with Crippen molar-refractivity contribution in [3.8, 4) is 5.75 Å². The smallest absolute Gasteiger partial charge is 0.127 e. The highest BCUT2D eigenvalue weighted by molar-refractivity contribution is 7.17. The number of benzene rings is 1. The topological polar surface area (TPSA) is 9.23 Å². The van der Waals surface area contributed by atoms with Gasteiger partial charge in [0.1, 0.15) is 5.75 Å². The number of hydrogen-bond donors (Lipinski definition) is 0. The molecule has 0 bridgehead atoms. The first-order valence-electron chi connectivity index (χ1n) is 4.01. The summed E-state index contributed by atoms with van der Waals surface area (Å²) in [5.74, 6) is 0.997. The molecule has 62 valence electrons. The Morgan fingerprint density at radius 1 is 1.33 bits per heavy atom. The van der Waals surface area contributed by atoms with Crippen molar-refractivity contribution in [3.63, 3.8) is 0 Å². The fourth-order valence-corrected chi connectivity index (χ4v) is 2.05. The maximum absolute atomic E-state index is 5.48. The summed E-state index contributed by atoms with van der Waals surface area (Å²) in [6.45, 7) is 2.74. The SMILES string of the molecule is CCOc1cccc2sccc12. The highest BCUT2D eigenvalue weighted by Gasteiger charge is 2.00. The van der Waals surface area contributed by atoms with E-state index in [1.165, 1.54) is 10.1 Å². The van der Waals surface area contributed by atoms with Crippen LogP contribution >= 0.6 is 11.3 Å². The van der Waals surface area contributed by atoms with Gasteiger partial charge in [-0.1, -0.05) is 6.07 Å². The Balaban J connectivity index is 2.57. The van der Waals surface area contributed by atoms with Crippen LogP contribution in [0.1, 0.15) is 6.92 Å². The van der Waals surface area contributed by atoms with Crippen molar-refractivity contribution in [2.45, 2.75) is 6.92 Å². The molecule has 0 fully saturated rings. The fourth-order valence-electron chi connectivity index (χ4n) is 1.25. The van der Waals surface area contributed by atoms with Crippen LogP contribution in [0.15, 0.2) is 29.6 Å². The molecule has 0 saturated heterocycles. The summed E-state index contributed by atoms with van der Waals surface area (Å²) in [4.78, 5) is 0. The molecular weight excluding hydrogens is 168 g/mol. The summed E-state index contributed by atoms with van der Waals surface area (Å²) in [6, 6.07) is 8.26. The van der Waals surface area contributed by atoms with Crippen molar-refractivity contribution in [1.29, 1.82) is 0 Å². The molecule has 0 spiro atoms. The Morgan fingerprint density at radius 3 is 3.08 bits per heavy atom. The zero-order valence-corrected chi connectivity index (χ0v) is 7.73. The van der Waals surface area contributed by atoms with Crippen LogP contribution < -0.4 is 4.74 Å². The quantitative estimate of drug-likeness (QED) is 0.685. The zero-order valence-electron chi connectivity index (χ0n) is 6.91. The molecule has 0 aliphatic carbocycles. The third-order valence-electron chi connectivity index (χ3n) is 1.76. The fraction of sp³-hybridized carbons (Fsp3) is 0.200. The number of hydrogen-bond acceptors (Lipinski definition) is 2. The van der Waals surface area contributed by atoms with E-state index in [4.69, 9.17) is 4.74 Å². The number of ether oxygens (including phenoxy) is 1. The van der Waals surface area contributed by atoms with Crippen LogP contribution in [0.25, 0.3) is 10.1 Å². The standard InChI is InChI=1S/C10H10OS/c1-2-11-9-4-3-5-10-8(9)6-7-12-10/h3-7H,2H2,1H3. The van der Waals surface area contributed by atoms with Gasteiger partial charge in [-0.25, -0.2) is 0 Å². The Kier molecular flexibility index (Phi) is 2.00. The van der Waals surface area contributed by atoms with Crippen LogP contribution in [0.2, 0.25) is 0 Å². The van der Waals surface area contributed by atoms with Gasteiger partial charge in [0.15, 0.2) is 0 Å². The van der Waals surface area contributed by atoms with Gasteiger partial charge in [-0.05, 0) is 30.5 Å². The molecule has 0 saturated carbocycles. The predicted octanol–water partition coefficient (Wildman–Crippen LogP) is 3.30. The second-order valence-electron chi connectivity index (χ2n) is 2.52. The van der Waals surface area contributed by atoms with E-state index in [1.807, 2.05) is 19.1 Å². The molecule has 12 heavy (non-hydrogen) atoms. The van der Waals surface area contributed by atoms with E-state index in [2.05, 4.69) is 17.5 Å². The maximum Gasteiger partial charge on any atom is 0.127 e. The molecule has 1 heterocycles. The van der Waals surface area contributed by atoms with E-state index < -0.39 is 0 Å². The largest absolute Gasteiger partial charge is 0.493 e. The van der Waals surface area contributed by atoms with E-state index >= 15 is 0 Å². The first-order chi connectivity index (χ1) is 5.92. The molecule has 0 amide bonds. The van der Waals surface area contributed by atoms with Crippen molar-refractivity contribution in [1.82, 2.24) is 0 Å². The average molecular weight is 178 g/mol. The van der Waals surface area contributed by atoms with Gasteiger partial charge in [-0.3, -0.25) is 0 Å². The monoisotopic (exact) mass is 178 g/mol. The third kappa shape index (κ3) is 1.18. The molecule has 2 heteroatoms. The lowest BCUT2D eigenvalue weighted by molar-refractivity contribution is 0.344. The molecule has 0 aliphatic heterocycles. The summed E-state index contributed by atoms with van der Waals surface area (Å²) in [7, 11) is 0. The van der Waals surface area contributed by atoms with Gasteiger partial charge in [0.2, 0.25) is 0 Å². The first kappa shape index (κ1) is 7.62. The van der Waals surface area contributed by atoms with Crippen LogP contribution in [0.3, 0.4) is 0 Å². The molecule has 2 rings (SSSR count). The van der Waals surface area contributed by atoms with Gasteiger partial charge in [0.05, 0.1) is 6.61 Å².